The first kappa shape index (κ1) is 14.6. The lowest BCUT2D eigenvalue weighted by atomic mass is 10.2. The summed E-state index contributed by atoms with van der Waals surface area (Å²) in [5, 5.41) is 0. The van der Waals surface area contributed by atoms with Crippen LogP contribution in [0.15, 0.2) is 28.0 Å². The number of benzene rings is 1. The number of hydrogen-bond acceptors (Lipinski definition) is 6. The molecule has 0 atom stereocenters. The van der Waals surface area contributed by atoms with E-state index in [4.69, 9.17) is 0 Å². The number of hydrogen-bond donors (Lipinski definition) is 0. The van der Waals surface area contributed by atoms with E-state index in [0.717, 1.165) is 0 Å². The molecule has 5 nitrogen and oxygen atoms in total. The third kappa shape index (κ3) is 3.76. The van der Waals surface area contributed by atoms with Crippen molar-refractivity contribution in [1.82, 2.24) is 0 Å². The Kier molecular flexibility index (Phi) is 5.55. The van der Waals surface area contributed by atoms with Crippen molar-refractivity contribution in [3.8, 4) is 0 Å². The van der Waals surface area contributed by atoms with E-state index < -0.39 is 25.6 Å². The predicted octanol–water partition coefficient (Wildman–Crippen LogP) is 2.60. The van der Waals surface area contributed by atoms with Gasteiger partial charge in [0.1, 0.15) is 4.90 Å². The van der Waals surface area contributed by atoms with Gasteiger partial charge >= 0.3 is 18.8 Å². The Hall–Kier alpha value is -0.460. The normalized spacial score (nSPS) is 11.9. The van der Waals surface area contributed by atoms with Gasteiger partial charge in [0.25, 0.3) is 0 Å². The Morgan fingerprint density at radius 3 is 2.71 bits per heavy atom. The highest BCUT2D eigenvalue weighted by Crippen LogP contribution is 2.29. The van der Waals surface area contributed by atoms with Gasteiger partial charge in [-0.1, -0.05) is 12.1 Å². The van der Waals surface area contributed by atoms with Crippen LogP contribution in [0.4, 0.5) is 0 Å². The minimum atomic E-state index is -3.90. The Balaban J connectivity index is 3.09. The van der Waals surface area contributed by atoms with E-state index in [1.807, 2.05) is 0 Å². The minimum Gasteiger partial charge on any atom is -0.265 e. The van der Waals surface area contributed by atoms with E-state index in [9.17, 15) is 13.0 Å². The van der Waals surface area contributed by atoms with Crippen LogP contribution >= 0.6 is 20.4 Å². The van der Waals surface area contributed by atoms with Crippen LogP contribution < -0.4 is 0 Å². The average molecular weight is 294 g/mol. The highest BCUT2D eigenvalue weighted by Gasteiger charge is 2.21. The van der Waals surface area contributed by atoms with Crippen molar-refractivity contribution in [1.29, 1.82) is 0 Å². The Morgan fingerprint density at radius 2 is 2.12 bits per heavy atom. The largest absolute Gasteiger partial charge is 0.329 e. The fourth-order valence-electron chi connectivity index (χ4n) is 1.27. The molecule has 1 rings (SSSR count). The second-order valence-corrected chi connectivity index (χ2v) is 5.81. The molecule has 0 aliphatic carbocycles. The van der Waals surface area contributed by atoms with Crippen molar-refractivity contribution in [2.45, 2.75) is 16.7 Å². The third-order valence-corrected chi connectivity index (χ3v) is 4.52. The van der Waals surface area contributed by atoms with Gasteiger partial charge in [-0.15, -0.1) is 11.8 Å². The van der Waals surface area contributed by atoms with Gasteiger partial charge in [-0.2, -0.15) is 8.42 Å². The van der Waals surface area contributed by atoms with Gasteiger partial charge in [0, 0.05) is 4.90 Å². The summed E-state index contributed by atoms with van der Waals surface area (Å²) in [6.45, 7) is 1.11. The van der Waals surface area contributed by atoms with Crippen LogP contribution in [0.1, 0.15) is 5.56 Å². The molecular formula is C9H11O5PS2. The van der Waals surface area contributed by atoms with Crippen LogP contribution in [0.3, 0.4) is 0 Å². The van der Waals surface area contributed by atoms with E-state index in [-0.39, 0.29) is 4.90 Å². The molecule has 0 fully saturated rings. The number of rotatable bonds is 6. The third-order valence-electron chi connectivity index (χ3n) is 1.95. The summed E-state index contributed by atoms with van der Waals surface area (Å²) in [5.41, 5.74) is 0.594. The zero-order valence-electron chi connectivity index (χ0n) is 9.24. The van der Waals surface area contributed by atoms with Crippen LogP contribution in [-0.4, -0.2) is 21.5 Å². The minimum absolute atomic E-state index is 0.124. The molecule has 0 saturated heterocycles. The van der Waals surface area contributed by atoms with Crippen molar-refractivity contribution in [3.05, 3.63) is 23.8 Å². The van der Waals surface area contributed by atoms with Crippen molar-refractivity contribution >= 4 is 30.6 Å². The lowest BCUT2D eigenvalue weighted by Crippen LogP contribution is -2.10. The molecule has 0 spiro atoms. The topological polar surface area (TPSA) is 69.7 Å². The molecule has 0 aliphatic heterocycles. The standard InChI is InChI=1S/C9H11O5PS2/c1-7-4-3-5-8(16-2)9(7)17(11,12)14-6-13-15-10/h3-5H,6H2,1-2H3. The maximum atomic E-state index is 11.9. The van der Waals surface area contributed by atoms with Crippen LogP contribution in [0, 0.1) is 6.92 Å². The van der Waals surface area contributed by atoms with Gasteiger partial charge in [-0.05, 0) is 24.8 Å². The molecule has 8 heteroatoms. The highest BCUT2D eigenvalue weighted by molar-refractivity contribution is 7.99. The molecule has 1 aromatic carbocycles. The van der Waals surface area contributed by atoms with Crippen molar-refractivity contribution in [2.75, 3.05) is 13.0 Å². The second kappa shape index (κ2) is 6.47. The number of aryl methyl sites for hydroxylation is 1. The maximum absolute atomic E-state index is 11.9. The van der Waals surface area contributed by atoms with E-state index >= 15 is 0 Å². The summed E-state index contributed by atoms with van der Waals surface area (Å²) < 4.78 is 42.7. The lowest BCUT2D eigenvalue weighted by Gasteiger charge is -2.10. The van der Waals surface area contributed by atoms with Crippen molar-refractivity contribution in [2.24, 2.45) is 0 Å². The van der Waals surface area contributed by atoms with Crippen LogP contribution in [0.2, 0.25) is 0 Å². The molecule has 0 saturated carbocycles. The molecule has 0 aromatic heterocycles. The summed E-state index contributed by atoms with van der Waals surface area (Å²) in [6, 6.07) is 5.15. The predicted molar refractivity (Wildman–Crippen MR) is 64.8 cm³/mol. The Bertz CT molecular complexity index is 500. The molecule has 0 heterocycles. The van der Waals surface area contributed by atoms with Crippen LogP contribution in [0.5, 0.6) is 0 Å². The summed E-state index contributed by atoms with van der Waals surface area (Å²) in [4.78, 5) is 0.725. The van der Waals surface area contributed by atoms with E-state index in [0.29, 0.717) is 10.5 Å². The quantitative estimate of drug-likeness (QED) is 0.264. The number of thioether (sulfide) groups is 1. The molecule has 0 aliphatic rings. The van der Waals surface area contributed by atoms with E-state index in [1.54, 1.807) is 31.4 Å². The van der Waals surface area contributed by atoms with Gasteiger partial charge in [-0.3, -0.25) is 4.52 Å². The first-order valence-electron chi connectivity index (χ1n) is 4.50. The van der Waals surface area contributed by atoms with Crippen molar-refractivity contribution in [3.63, 3.8) is 0 Å². The fraction of sp³-hybridized carbons (Fsp3) is 0.333. The summed E-state index contributed by atoms with van der Waals surface area (Å²) >= 11 is 1.31. The zero-order chi connectivity index (χ0) is 12.9. The summed E-state index contributed by atoms with van der Waals surface area (Å²) in [5.74, 6) is 0. The SMILES string of the molecule is CSc1cccc(C)c1S(=O)(=O)OCOP=O. The van der Waals surface area contributed by atoms with Crippen LogP contribution in [0.25, 0.3) is 0 Å². The Labute approximate surface area is 106 Å². The summed E-state index contributed by atoms with van der Waals surface area (Å²) in [6.07, 6.45) is 1.78. The molecule has 0 bridgehead atoms. The Morgan fingerprint density at radius 1 is 1.41 bits per heavy atom. The molecule has 0 N–H and O–H groups in total. The van der Waals surface area contributed by atoms with E-state index in [2.05, 4.69) is 8.71 Å². The van der Waals surface area contributed by atoms with Gasteiger partial charge < -0.3 is 0 Å². The molecule has 0 unspecified atom stereocenters. The molecule has 1 aromatic rings. The molecular weight excluding hydrogens is 283 g/mol. The van der Waals surface area contributed by atoms with Gasteiger partial charge in [0.05, 0.1) is 0 Å². The zero-order valence-corrected chi connectivity index (χ0v) is 11.8. The first-order chi connectivity index (χ1) is 8.03. The maximum Gasteiger partial charge on any atom is 0.329 e. The fourth-order valence-corrected chi connectivity index (χ4v) is 3.63. The monoisotopic (exact) mass is 294 g/mol. The van der Waals surface area contributed by atoms with Gasteiger partial charge in [0.15, 0.2) is 6.79 Å². The summed E-state index contributed by atoms with van der Waals surface area (Å²) in [7, 11) is -4.52. The van der Waals surface area contributed by atoms with Crippen LogP contribution in [-0.2, 0) is 23.4 Å². The molecule has 94 valence electrons. The average Bonchev–Trinajstić information content (AvgIpc) is 2.28. The van der Waals surface area contributed by atoms with E-state index in [1.165, 1.54) is 11.8 Å². The smallest absolute Gasteiger partial charge is 0.265 e. The molecule has 17 heavy (non-hydrogen) atoms. The van der Waals surface area contributed by atoms with Crippen molar-refractivity contribution < 1.29 is 21.7 Å². The lowest BCUT2D eigenvalue weighted by molar-refractivity contribution is 0.139. The molecule has 0 amide bonds. The van der Waals surface area contributed by atoms with Gasteiger partial charge in [-0.25, -0.2) is 8.75 Å². The second-order valence-electron chi connectivity index (χ2n) is 3.00. The molecule has 0 radical (unpaired) electrons. The van der Waals surface area contributed by atoms with Gasteiger partial charge in [0.2, 0.25) is 0 Å². The first-order valence-corrected chi connectivity index (χ1v) is 7.87. The highest BCUT2D eigenvalue weighted by atomic mass is 32.2.